The van der Waals surface area contributed by atoms with E-state index in [4.69, 9.17) is 10.1 Å². The number of carboxylic acid groups (broad SMARTS) is 1. The molecule has 1 amide bonds. The van der Waals surface area contributed by atoms with Crippen molar-refractivity contribution in [2.75, 3.05) is 5.32 Å². The molecular weight excluding hydrogens is 368 g/mol. The maximum absolute atomic E-state index is 11.7. The van der Waals surface area contributed by atoms with Gasteiger partial charge in [0, 0.05) is 23.7 Å². The molecule has 0 radical (unpaired) electrons. The monoisotopic (exact) mass is 396 g/mol. The van der Waals surface area contributed by atoms with Crippen molar-refractivity contribution in [1.29, 1.82) is 0 Å². The highest BCUT2D eigenvalue weighted by Crippen LogP contribution is 2.36. The molecule has 1 aliphatic rings. The van der Waals surface area contributed by atoms with Gasteiger partial charge in [-0.1, -0.05) is 19.3 Å². The number of nitrogens with one attached hydrogen (secondary N) is 1. The van der Waals surface area contributed by atoms with Gasteiger partial charge in [-0.05, 0) is 67.6 Å². The molecule has 2 aromatic rings. The summed E-state index contributed by atoms with van der Waals surface area (Å²) < 4.78 is 0. The van der Waals surface area contributed by atoms with E-state index >= 15 is 0 Å². The molecular formula is C23H28N2O4. The van der Waals surface area contributed by atoms with E-state index in [2.05, 4.69) is 5.32 Å². The molecule has 0 saturated heterocycles. The first-order chi connectivity index (χ1) is 13.8. The zero-order valence-corrected chi connectivity index (χ0v) is 17.0. The molecule has 0 aliphatic heterocycles. The number of carbonyl (C=O) groups is 2. The second-order valence-corrected chi connectivity index (χ2v) is 7.93. The highest BCUT2D eigenvalue weighted by Gasteiger charge is 2.21. The quantitative estimate of drug-likeness (QED) is 0.626. The Morgan fingerprint density at radius 2 is 1.76 bits per heavy atom. The molecule has 1 aromatic carbocycles. The summed E-state index contributed by atoms with van der Waals surface area (Å²) in [7, 11) is 0. The summed E-state index contributed by atoms with van der Waals surface area (Å²) in [6, 6.07) is 7.32. The van der Waals surface area contributed by atoms with Gasteiger partial charge in [-0.25, -0.2) is 0 Å². The van der Waals surface area contributed by atoms with Gasteiger partial charge in [0.15, 0.2) is 0 Å². The molecule has 1 aromatic heterocycles. The fraction of sp³-hybridized carbons (Fsp3) is 0.435. The summed E-state index contributed by atoms with van der Waals surface area (Å²) in [5.74, 6) is -1.08. The third kappa shape index (κ3) is 5.34. The van der Waals surface area contributed by atoms with Crippen LogP contribution in [0.3, 0.4) is 0 Å². The van der Waals surface area contributed by atoms with Crippen LogP contribution in [-0.4, -0.2) is 27.1 Å². The summed E-state index contributed by atoms with van der Waals surface area (Å²) in [5, 5.41) is 21.7. The van der Waals surface area contributed by atoms with Crippen LogP contribution in [0.25, 0.3) is 0 Å². The van der Waals surface area contributed by atoms with Gasteiger partial charge in [-0.15, -0.1) is 0 Å². The Bertz CT molecular complexity index is 894. The molecule has 6 nitrogen and oxygen atoms in total. The number of hydrogen-bond acceptors (Lipinski definition) is 4. The second-order valence-electron chi connectivity index (χ2n) is 7.93. The third-order valence-corrected chi connectivity index (χ3v) is 5.60. The minimum atomic E-state index is -1.15. The lowest BCUT2D eigenvalue weighted by Crippen LogP contribution is -2.16. The summed E-state index contributed by atoms with van der Waals surface area (Å²) in [6.45, 7) is 3.94. The number of rotatable bonds is 6. The van der Waals surface area contributed by atoms with Crippen molar-refractivity contribution >= 4 is 17.6 Å². The van der Waals surface area contributed by atoms with E-state index in [1.165, 1.54) is 19.3 Å². The number of nitrogens with zero attached hydrogens (tertiary/aromatic N) is 1. The Labute approximate surface area is 171 Å². The van der Waals surface area contributed by atoms with Crippen molar-refractivity contribution in [3.63, 3.8) is 0 Å². The molecule has 3 rings (SSSR count). The standard InChI is InChI=1S/C23H28N2O4/c1-14-10-18(24-21(27)13-22(28)29)11-15(2)19(14)12-17-8-9-20(26)23(25-17)16-6-4-3-5-7-16/h8-11,16,26H,3-7,12-13H2,1-2H3,(H,24,27)(H,28,29). The number of carboxylic acids is 1. The number of amides is 1. The van der Waals surface area contributed by atoms with Gasteiger partial charge in [0.25, 0.3) is 0 Å². The number of aromatic hydroxyl groups is 1. The molecule has 1 saturated carbocycles. The van der Waals surface area contributed by atoms with Gasteiger partial charge in [-0.2, -0.15) is 0 Å². The van der Waals surface area contributed by atoms with Crippen LogP contribution in [0.1, 0.15) is 72.5 Å². The first-order valence-electron chi connectivity index (χ1n) is 10.1. The number of benzene rings is 1. The van der Waals surface area contributed by atoms with Crippen molar-refractivity contribution < 1.29 is 19.8 Å². The Kier molecular flexibility index (Phi) is 6.52. The van der Waals surface area contributed by atoms with Gasteiger partial charge >= 0.3 is 5.97 Å². The number of aromatic nitrogens is 1. The molecule has 1 heterocycles. The van der Waals surface area contributed by atoms with E-state index in [9.17, 15) is 14.7 Å². The lowest BCUT2D eigenvalue weighted by Gasteiger charge is -2.22. The molecule has 154 valence electrons. The summed E-state index contributed by atoms with van der Waals surface area (Å²) in [4.78, 5) is 27.2. The molecule has 1 aliphatic carbocycles. The van der Waals surface area contributed by atoms with E-state index in [1.807, 2.05) is 32.0 Å². The van der Waals surface area contributed by atoms with E-state index in [0.717, 1.165) is 40.9 Å². The van der Waals surface area contributed by atoms with Crippen LogP contribution < -0.4 is 5.32 Å². The second kappa shape index (κ2) is 9.07. The zero-order valence-electron chi connectivity index (χ0n) is 17.0. The van der Waals surface area contributed by atoms with E-state index in [0.29, 0.717) is 18.0 Å². The van der Waals surface area contributed by atoms with Crippen molar-refractivity contribution in [3.05, 3.63) is 52.3 Å². The maximum atomic E-state index is 11.7. The summed E-state index contributed by atoms with van der Waals surface area (Å²) >= 11 is 0. The average molecular weight is 396 g/mol. The first-order valence-corrected chi connectivity index (χ1v) is 10.1. The van der Waals surface area contributed by atoms with Crippen LogP contribution >= 0.6 is 0 Å². The van der Waals surface area contributed by atoms with E-state index < -0.39 is 18.3 Å². The molecule has 6 heteroatoms. The zero-order chi connectivity index (χ0) is 21.0. The molecule has 29 heavy (non-hydrogen) atoms. The van der Waals surface area contributed by atoms with E-state index in [1.54, 1.807) is 6.07 Å². The van der Waals surface area contributed by atoms with Crippen LogP contribution in [0.4, 0.5) is 5.69 Å². The largest absolute Gasteiger partial charge is 0.506 e. The average Bonchev–Trinajstić information content (AvgIpc) is 2.66. The lowest BCUT2D eigenvalue weighted by atomic mass is 9.86. The predicted octanol–water partition coefficient (Wildman–Crippen LogP) is 4.46. The highest BCUT2D eigenvalue weighted by molar-refractivity contribution is 6.01. The van der Waals surface area contributed by atoms with Gasteiger partial charge < -0.3 is 15.5 Å². The number of carbonyl (C=O) groups excluding carboxylic acids is 1. The highest BCUT2D eigenvalue weighted by atomic mass is 16.4. The van der Waals surface area contributed by atoms with Crippen LogP contribution in [0.15, 0.2) is 24.3 Å². The maximum Gasteiger partial charge on any atom is 0.312 e. The molecule has 0 spiro atoms. The Hall–Kier alpha value is -2.89. The predicted molar refractivity (Wildman–Crippen MR) is 111 cm³/mol. The molecule has 0 unspecified atom stereocenters. The summed E-state index contributed by atoms with van der Waals surface area (Å²) in [5.41, 5.74) is 5.45. The Balaban J connectivity index is 1.79. The number of aryl methyl sites for hydroxylation is 2. The van der Waals surface area contributed by atoms with Gasteiger partial charge in [-0.3, -0.25) is 14.6 Å². The molecule has 0 bridgehead atoms. The number of aliphatic carboxylic acids is 1. The number of anilines is 1. The third-order valence-electron chi connectivity index (χ3n) is 5.60. The minimum absolute atomic E-state index is 0.283. The van der Waals surface area contributed by atoms with Gasteiger partial charge in [0.2, 0.25) is 5.91 Å². The van der Waals surface area contributed by atoms with E-state index in [-0.39, 0.29) is 5.75 Å². The van der Waals surface area contributed by atoms with Crippen LogP contribution in [0.2, 0.25) is 0 Å². The lowest BCUT2D eigenvalue weighted by molar-refractivity contribution is -0.139. The topological polar surface area (TPSA) is 99.5 Å². The smallest absolute Gasteiger partial charge is 0.312 e. The number of pyridine rings is 1. The molecule has 1 fully saturated rings. The van der Waals surface area contributed by atoms with Crippen LogP contribution in [0.5, 0.6) is 5.75 Å². The molecule has 0 atom stereocenters. The Morgan fingerprint density at radius 1 is 1.10 bits per heavy atom. The minimum Gasteiger partial charge on any atom is -0.506 e. The van der Waals surface area contributed by atoms with Crippen molar-refractivity contribution in [2.45, 2.75) is 64.7 Å². The van der Waals surface area contributed by atoms with Gasteiger partial charge in [0.05, 0.1) is 5.69 Å². The van der Waals surface area contributed by atoms with Crippen LogP contribution in [0, 0.1) is 13.8 Å². The Morgan fingerprint density at radius 3 is 2.38 bits per heavy atom. The first kappa shape index (κ1) is 20.8. The van der Waals surface area contributed by atoms with Crippen molar-refractivity contribution in [1.82, 2.24) is 4.98 Å². The van der Waals surface area contributed by atoms with Crippen molar-refractivity contribution in [3.8, 4) is 5.75 Å². The summed E-state index contributed by atoms with van der Waals surface area (Å²) in [6.07, 6.45) is 5.86. The van der Waals surface area contributed by atoms with Gasteiger partial charge in [0.1, 0.15) is 12.2 Å². The fourth-order valence-corrected chi connectivity index (χ4v) is 4.15. The normalized spacial score (nSPS) is 14.6. The van der Waals surface area contributed by atoms with Crippen molar-refractivity contribution in [2.24, 2.45) is 0 Å². The number of hydrogen-bond donors (Lipinski definition) is 3. The molecule has 3 N–H and O–H groups in total. The van der Waals surface area contributed by atoms with Crippen LogP contribution in [-0.2, 0) is 16.0 Å². The SMILES string of the molecule is Cc1cc(NC(=O)CC(=O)O)cc(C)c1Cc1ccc(O)c(C2CCCCC2)n1. The fourth-order valence-electron chi connectivity index (χ4n) is 4.15.